The second-order valence-corrected chi connectivity index (χ2v) is 8.88. The third-order valence-electron chi connectivity index (χ3n) is 5.54. The molecule has 166 valence electrons. The third-order valence-corrected chi connectivity index (χ3v) is 6.47. The van der Waals surface area contributed by atoms with Crippen molar-refractivity contribution in [2.75, 3.05) is 24.8 Å². The molecular formula is C23H30N4O3S. The van der Waals surface area contributed by atoms with Gasteiger partial charge >= 0.3 is 0 Å². The lowest BCUT2D eigenvalue weighted by Gasteiger charge is -2.32. The highest BCUT2D eigenvalue weighted by Crippen LogP contribution is 2.42. The van der Waals surface area contributed by atoms with Gasteiger partial charge in [-0.2, -0.15) is 4.98 Å². The number of nitrogens with zero attached hydrogens (tertiary/aromatic N) is 3. The number of carbonyl (C=O) groups is 1. The van der Waals surface area contributed by atoms with Crippen LogP contribution in [-0.4, -0.2) is 40.0 Å². The number of nitrogens with one attached hydrogen (secondary N) is 1. The Labute approximate surface area is 187 Å². The van der Waals surface area contributed by atoms with Gasteiger partial charge in [0.15, 0.2) is 17.3 Å². The lowest BCUT2D eigenvalue weighted by molar-refractivity contribution is -0.116. The molecule has 7 nitrogen and oxygen atoms in total. The number of methoxy groups -OCH3 is 1. The van der Waals surface area contributed by atoms with E-state index in [1.165, 1.54) is 0 Å². The lowest BCUT2D eigenvalue weighted by atomic mass is 9.85. The van der Waals surface area contributed by atoms with Crippen LogP contribution in [-0.2, 0) is 4.79 Å². The van der Waals surface area contributed by atoms with Crippen molar-refractivity contribution < 1.29 is 14.3 Å². The highest BCUT2D eigenvalue weighted by atomic mass is 32.2. The van der Waals surface area contributed by atoms with Crippen molar-refractivity contribution >= 4 is 23.5 Å². The number of unbranched alkanes of at least 4 members (excludes halogenated alkanes) is 1. The van der Waals surface area contributed by atoms with Gasteiger partial charge in [-0.3, -0.25) is 4.79 Å². The first kappa shape index (κ1) is 21.7. The van der Waals surface area contributed by atoms with E-state index in [1.807, 2.05) is 22.9 Å². The topological polar surface area (TPSA) is 78.3 Å². The number of Topliss-reactive ketones (excluding diaryl/α,β-unsaturated/α-hetero) is 1. The minimum atomic E-state index is -0.318. The van der Waals surface area contributed by atoms with Gasteiger partial charge in [0, 0.05) is 23.4 Å². The molecule has 1 atom stereocenters. The van der Waals surface area contributed by atoms with Gasteiger partial charge in [0.2, 0.25) is 11.1 Å². The van der Waals surface area contributed by atoms with Crippen LogP contribution in [0.4, 0.5) is 5.95 Å². The second-order valence-electron chi connectivity index (χ2n) is 7.82. The monoisotopic (exact) mass is 442 g/mol. The fraction of sp³-hybridized carbons (Fsp3) is 0.522. The smallest absolute Gasteiger partial charge is 0.227 e. The highest BCUT2D eigenvalue weighted by Gasteiger charge is 2.37. The van der Waals surface area contributed by atoms with Crippen molar-refractivity contribution in [2.24, 2.45) is 0 Å². The molecule has 2 heterocycles. The maximum Gasteiger partial charge on any atom is 0.227 e. The Bertz CT molecular complexity index is 985. The minimum absolute atomic E-state index is 0.172. The van der Waals surface area contributed by atoms with E-state index in [4.69, 9.17) is 19.6 Å². The zero-order valence-corrected chi connectivity index (χ0v) is 19.3. The first-order valence-electron chi connectivity index (χ1n) is 11.1. The van der Waals surface area contributed by atoms with Gasteiger partial charge < -0.3 is 14.8 Å². The minimum Gasteiger partial charge on any atom is -0.493 e. The summed E-state index contributed by atoms with van der Waals surface area (Å²) in [5, 5.41) is 8.91. The first-order chi connectivity index (χ1) is 15.2. The number of anilines is 1. The summed E-state index contributed by atoms with van der Waals surface area (Å²) in [5.41, 5.74) is 2.70. The number of hydrogen-bond donors (Lipinski definition) is 1. The molecule has 4 rings (SSSR count). The van der Waals surface area contributed by atoms with Gasteiger partial charge in [0.05, 0.1) is 13.7 Å². The number of carbonyl (C=O) groups excluding carboxylic acids is 1. The summed E-state index contributed by atoms with van der Waals surface area (Å²) in [4.78, 5) is 17.7. The van der Waals surface area contributed by atoms with Crippen LogP contribution in [0.1, 0.15) is 64.0 Å². The summed E-state index contributed by atoms with van der Waals surface area (Å²) < 4.78 is 13.3. The van der Waals surface area contributed by atoms with E-state index in [9.17, 15) is 4.79 Å². The molecule has 1 aliphatic heterocycles. The number of allylic oxidation sites excluding steroid dienone is 2. The Balaban J connectivity index is 1.75. The zero-order chi connectivity index (χ0) is 21.8. The van der Waals surface area contributed by atoms with Crippen LogP contribution < -0.4 is 14.8 Å². The van der Waals surface area contributed by atoms with E-state index in [2.05, 4.69) is 19.2 Å². The predicted octanol–water partition coefficient (Wildman–Crippen LogP) is 4.99. The molecule has 0 spiro atoms. The molecule has 0 bridgehead atoms. The Morgan fingerprint density at radius 3 is 2.87 bits per heavy atom. The molecule has 0 fully saturated rings. The molecule has 2 aromatic rings. The number of hydrogen-bond acceptors (Lipinski definition) is 7. The Hall–Kier alpha value is -2.48. The van der Waals surface area contributed by atoms with Crippen molar-refractivity contribution in [1.82, 2.24) is 14.8 Å². The van der Waals surface area contributed by atoms with E-state index in [0.717, 1.165) is 59.8 Å². The third kappa shape index (κ3) is 4.44. The van der Waals surface area contributed by atoms with Crippen molar-refractivity contribution in [2.45, 2.75) is 63.6 Å². The van der Waals surface area contributed by atoms with E-state index >= 15 is 0 Å². The Morgan fingerprint density at radius 2 is 2.10 bits per heavy atom. The molecule has 0 radical (unpaired) electrons. The Kier molecular flexibility index (Phi) is 6.85. The molecule has 0 amide bonds. The van der Waals surface area contributed by atoms with Crippen LogP contribution in [0, 0.1) is 0 Å². The molecule has 1 aromatic heterocycles. The van der Waals surface area contributed by atoms with Crippen LogP contribution in [0.15, 0.2) is 34.6 Å². The summed E-state index contributed by atoms with van der Waals surface area (Å²) >= 11 is 1.66. The summed E-state index contributed by atoms with van der Waals surface area (Å²) in [6, 6.07) is 5.57. The van der Waals surface area contributed by atoms with Crippen molar-refractivity contribution in [1.29, 1.82) is 0 Å². The molecule has 31 heavy (non-hydrogen) atoms. The van der Waals surface area contributed by atoms with Gasteiger partial charge in [-0.1, -0.05) is 38.1 Å². The summed E-state index contributed by atoms with van der Waals surface area (Å²) in [6.45, 7) is 4.87. The predicted molar refractivity (Wildman–Crippen MR) is 122 cm³/mol. The lowest BCUT2D eigenvalue weighted by Crippen LogP contribution is -2.31. The molecule has 0 saturated carbocycles. The van der Waals surface area contributed by atoms with Crippen molar-refractivity contribution in [3.8, 4) is 11.5 Å². The standard InChI is InChI=1S/C23H30N4O3S/c1-4-6-13-31-23-25-22-24-16-8-7-9-17(28)20(16)21(27(22)26-23)15-10-11-18(30-12-5-2)19(14-15)29-3/h10-11,14,21H,4-9,12-13H2,1-3H3,(H,24,25,26). The van der Waals surface area contributed by atoms with Crippen molar-refractivity contribution in [3.05, 3.63) is 35.0 Å². The molecule has 2 aliphatic rings. The van der Waals surface area contributed by atoms with Gasteiger partial charge in [0.1, 0.15) is 6.04 Å². The summed E-state index contributed by atoms with van der Waals surface area (Å²) in [7, 11) is 1.64. The van der Waals surface area contributed by atoms with Gasteiger partial charge in [-0.05, 0) is 43.4 Å². The number of aromatic nitrogens is 3. The van der Waals surface area contributed by atoms with Gasteiger partial charge in [-0.15, -0.1) is 5.10 Å². The van der Waals surface area contributed by atoms with Crippen LogP contribution in [0.2, 0.25) is 0 Å². The van der Waals surface area contributed by atoms with E-state index in [-0.39, 0.29) is 11.8 Å². The van der Waals surface area contributed by atoms with Crippen LogP contribution in [0.3, 0.4) is 0 Å². The Morgan fingerprint density at radius 1 is 1.23 bits per heavy atom. The molecule has 1 N–H and O–H groups in total. The largest absolute Gasteiger partial charge is 0.493 e. The van der Waals surface area contributed by atoms with E-state index < -0.39 is 0 Å². The molecule has 1 unspecified atom stereocenters. The average molecular weight is 443 g/mol. The number of ether oxygens (including phenoxy) is 2. The quantitative estimate of drug-likeness (QED) is 0.433. The van der Waals surface area contributed by atoms with E-state index in [1.54, 1.807) is 18.9 Å². The SMILES string of the molecule is CCCCSc1nc2n(n1)C(c1ccc(OCCC)c(OC)c1)C1=C(CCCC1=O)N2. The fourth-order valence-electron chi connectivity index (χ4n) is 4.00. The molecule has 0 saturated heterocycles. The van der Waals surface area contributed by atoms with Gasteiger partial charge in [0.25, 0.3) is 0 Å². The van der Waals surface area contributed by atoms with Crippen LogP contribution in [0.25, 0.3) is 0 Å². The normalized spacial score (nSPS) is 17.8. The zero-order valence-electron chi connectivity index (χ0n) is 18.4. The summed E-state index contributed by atoms with van der Waals surface area (Å²) in [6.07, 6.45) is 5.44. The average Bonchev–Trinajstić information content (AvgIpc) is 3.19. The highest BCUT2D eigenvalue weighted by molar-refractivity contribution is 7.99. The fourth-order valence-corrected chi connectivity index (χ4v) is 4.91. The summed E-state index contributed by atoms with van der Waals surface area (Å²) in [5.74, 6) is 3.22. The number of rotatable bonds is 9. The second kappa shape index (κ2) is 9.77. The first-order valence-corrected chi connectivity index (χ1v) is 12.1. The number of benzene rings is 1. The molecule has 1 aromatic carbocycles. The van der Waals surface area contributed by atoms with Crippen LogP contribution in [0.5, 0.6) is 11.5 Å². The van der Waals surface area contributed by atoms with Crippen LogP contribution >= 0.6 is 11.8 Å². The molecule has 8 heteroatoms. The van der Waals surface area contributed by atoms with Crippen molar-refractivity contribution in [3.63, 3.8) is 0 Å². The number of ketones is 1. The number of fused-ring (bicyclic) bond motifs is 1. The maximum atomic E-state index is 13.0. The van der Waals surface area contributed by atoms with E-state index in [0.29, 0.717) is 30.5 Å². The van der Waals surface area contributed by atoms with Gasteiger partial charge in [-0.25, -0.2) is 4.68 Å². The maximum absolute atomic E-state index is 13.0. The molecular weight excluding hydrogens is 412 g/mol. The molecule has 1 aliphatic carbocycles. The number of thioether (sulfide) groups is 1.